The van der Waals surface area contributed by atoms with E-state index in [4.69, 9.17) is 0 Å². The van der Waals surface area contributed by atoms with Crippen molar-refractivity contribution in [2.75, 3.05) is 0 Å². The third-order valence-corrected chi connectivity index (χ3v) is 10.1. The molecule has 3 unspecified atom stereocenters. The second-order valence-corrected chi connectivity index (χ2v) is 13.0. The predicted octanol–water partition coefficient (Wildman–Crippen LogP) is 12.1. The van der Waals surface area contributed by atoms with E-state index in [1.54, 1.807) is 0 Å². The zero-order valence-corrected chi connectivity index (χ0v) is 26.6. The lowest BCUT2D eigenvalue weighted by atomic mass is 9.78. The van der Waals surface area contributed by atoms with Crippen LogP contribution in [0.5, 0.6) is 0 Å². The van der Waals surface area contributed by atoms with Gasteiger partial charge in [-0.05, 0) is 95.0 Å². The van der Waals surface area contributed by atoms with E-state index in [-0.39, 0.29) is 5.92 Å². The average molecular weight is 594 g/mol. The van der Waals surface area contributed by atoms with Gasteiger partial charge in [0.05, 0.1) is 11.0 Å². The molecule has 8 rings (SSSR count). The summed E-state index contributed by atoms with van der Waals surface area (Å²) in [4.78, 5) is 0. The van der Waals surface area contributed by atoms with Crippen molar-refractivity contribution < 1.29 is 0 Å². The Kier molecular flexibility index (Phi) is 7.39. The summed E-state index contributed by atoms with van der Waals surface area (Å²) in [5.74, 6) is 1.29. The van der Waals surface area contributed by atoms with E-state index in [1.807, 2.05) is 0 Å². The third kappa shape index (κ3) is 5.16. The number of nitrogens with zero attached hydrogens (tertiary/aromatic N) is 1. The Morgan fingerprint density at radius 3 is 2.20 bits per heavy atom. The van der Waals surface area contributed by atoms with E-state index >= 15 is 0 Å². The molecule has 1 nitrogen and oxygen atoms in total. The SMILES string of the molecule is Cc1ccc(C2=CC(C)C(CCC(c3ccc4c(c3)c3ccccc3n4-c3ccccc3)c3cccc4ccccc34)C=C2)cc1. The second-order valence-electron chi connectivity index (χ2n) is 13.0. The fourth-order valence-electron chi connectivity index (χ4n) is 7.64. The molecule has 1 heteroatoms. The molecule has 0 amide bonds. The number of aryl methyl sites for hydroxylation is 1. The number of para-hydroxylation sites is 2. The lowest BCUT2D eigenvalue weighted by Crippen LogP contribution is -2.13. The average Bonchev–Trinajstić information content (AvgIpc) is 3.43. The van der Waals surface area contributed by atoms with Gasteiger partial charge in [0.25, 0.3) is 0 Å². The molecule has 1 heterocycles. The Balaban J connectivity index is 1.19. The van der Waals surface area contributed by atoms with Gasteiger partial charge in [0, 0.05) is 22.4 Å². The van der Waals surface area contributed by atoms with Crippen molar-refractivity contribution in [2.45, 2.75) is 32.6 Å². The van der Waals surface area contributed by atoms with E-state index in [0.29, 0.717) is 11.8 Å². The first-order chi connectivity index (χ1) is 22.6. The highest BCUT2D eigenvalue weighted by Crippen LogP contribution is 2.41. The van der Waals surface area contributed by atoms with Crippen LogP contribution in [0.15, 0.2) is 158 Å². The molecule has 0 spiro atoms. The summed E-state index contributed by atoms with van der Waals surface area (Å²) in [6, 6.07) is 51.5. The van der Waals surface area contributed by atoms with E-state index in [1.165, 1.54) is 66.1 Å². The van der Waals surface area contributed by atoms with Crippen molar-refractivity contribution in [1.82, 2.24) is 4.57 Å². The standard InChI is InChI=1S/C45H39N/c1-31-19-21-34(22-20-31)36-24-23-33(32(2)29-36)25-27-40(41-17-10-12-35-11-6-7-15-39(35)41)37-26-28-45-43(30-37)42-16-8-9-18-44(42)46(45)38-13-4-3-5-14-38/h3-24,26,28-30,32-33,40H,25,27H2,1-2H3. The van der Waals surface area contributed by atoms with Crippen LogP contribution in [0.4, 0.5) is 0 Å². The fourth-order valence-corrected chi connectivity index (χ4v) is 7.64. The minimum Gasteiger partial charge on any atom is -0.309 e. The van der Waals surface area contributed by atoms with Crippen LogP contribution in [0, 0.1) is 18.8 Å². The summed E-state index contributed by atoms with van der Waals surface area (Å²) in [5.41, 5.74) is 10.5. The minimum absolute atomic E-state index is 0.289. The number of hydrogen-bond acceptors (Lipinski definition) is 0. The van der Waals surface area contributed by atoms with Gasteiger partial charge in [0.15, 0.2) is 0 Å². The highest BCUT2D eigenvalue weighted by molar-refractivity contribution is 6.09. The number of hydrogen-bond donors (Lipinski definition) is 0. The number of rotatable bonds is 7. The fraction of sp³-hybridized carbons (Fsp3) is 0.156. The van der Waals surface area contributed by atoms with Gasteiger partial charge < -0.3 is 4.57 Å². The van der Waals surface area contributed by atoms with Crippen molar-refractivity contribution in [3.63, 3.8) is 0 Å². The Bertz CT molecular complexity index is 2220. The third-order valence-electron chi connectivity index (χ3n) is 10.1. The molecule has 3 atom stereocenters. The summed E-state index contributed by atoms with van der Waals surface area (Å²) in [5, 5.41) is 5.29. The van der Waals surface area contributed by atoms with Crippen LogP contribution in [-0.2, 0) is 0 Å². The van der Waals surface area contributed by atoms with Crippen LogP contribution < -0.4 is 0 Å². The highest BCUT2D eigenvalue weighted by Gasteiger charge is 2.24. The summed E-state index contributed by atoms with van der Waals surface area (Å²) >= 11 is 0. The van der Waals surface area contributed by atoms with Crippen LogP contribution >= 0.6 is 0 Å². The number of benzene rings is 6. The van der Waals surface area contributed by atoms with Crippen LogP contribution in [0.1, 0.15) is 47.9 Å². The van der Waals surface area contributed by atoms with Crippen LogP contribution in [0.25, 0.3) is 43.8 Å². The molecular formula is C45H39N. The largest absolute Gasteiger partial charge is 0.309 e. The predicted molar refractivity (Wildman–Crippen MR) is 197 cm³/mol. The zero-order valence-electron chi connectivity index (χ0n) is 26.6. The number of allylic oxidation sites excluding steroid dienone is 4. The summed E-state index contributed by atoms with van der Waals surface area (Å²) in [6.45, 7) is 4.54. The molecule has 0 aliphatic heterocycles. The molecule has 0 saturated carbocycles. The second kappa shape index (κ2) is 12.0. The lowest BCUT2D eigenvalue weighted by molar-refractivity contribution is 0.446. The van der Waals surface area contributed by atoms with Gasteiger partial charge in [-0.25, -0.2) is 0 Å². The monoisotopic (exact) mass is 593 g/mol. The summed E-state index contributed by atoms with van der Waals surface area (Å²) in [7, 11) is 0. The molecule has 0 radical (unpaired) electrons. The molecule has 224 valence electrons. The number of fused-ring (bicyclic) bond motifs is 4. The maximum atomic E-state index is 2.49. The molecule has 0 saturated heterocycles. The summed E-state index contributed by atoms with van der Waals surface area (Å²) in [6.07, 6.45) is 9.52. The van der Waals surface area contributed by atoms with E-state index in [0.717, 1.165) is 12.8 Å². The minimum atomic E-state index is 0.289. The summed E-state index contributed by atoms with van der Waals surface area (Å²) < 4.78 is 2.41. The van der Waals surface area contributed by atoms with Gasteiger partial charge in [0.1, 0.15) is 0 Å². The lowest BCUT2D eigenvalue weighted by Gasteiger charge is -2.27. The van der Waals surface area contributed by atoms with Crippen LogP contribution in [-0.4, -0.2) is 4.57 Å². The van der Waals surface area contributed by atoms with Gasteiger partial charge >= 0.3 is 0 Å². The maximum absolute atomic E-state index is 2.49. The van der Waals surface area contributed by atoms with Gasteiger partial charge in [-0.3, -0.25) is 0 Å². The molecule has 1 aliphatic rings. The first kappa shape index (κ1) is 28.3. The molecule has 0 N–H and O–H groups in total. The topological polar surface area (TPSA) is 4.93 Å². The molecule has 0 fully saturated rings. The van der Waals surface area contributed by atoms with Crippen molar-refractivity contribution in [1.29, 1.82) is 0 Å². The Morgan fingerprint density at radius 2 is 1.37 bits per heavy atom. The van der Waals surface area contributed by atoms with Crippen LogP contribution in [0.3, 0.4) is 0 Å². The molecule has 6 aromatic carbocycles. The smallest absolute Gasteiger partial charge is 0.0541 e. The van der Waals surface area contributed by atoms with E-state index in [2.05, 4.69) is 176 Å². The molecule has 7 aromatic rings. The van der Waals surface area contributed by atoms with Gasteiger partial charge in [-0.2, -0.15) is 0 Å². The number of aromatic nitrogens is 1. The molecular weight excluding hydrogens is 555 g/mol. The molecule has 1 aromatic heterocycles. The first-order valence-corrected chi connectivity index (χ1v) is 16.7. The van der Waals surface area contributed by atoms with Crippen molar-refractivity contribution in [3.05, 3.63) is 180 Å². The van der Waals surface area contributed by atoms with Crippen molar-refractivity contribution >= 4 is 38.2 Å². The van der Waals surface area contributed by atoms with Gasteiger partial charge in [-0.1, -0.05) is 140 Å². The Labute approximate surface area is 272 Å². The molecule has 46 heavy (non-hydrogen) atoms. The van der Waals surface area contributed by atoms with E-state index < -0.39 is 0 Å². The highest BCUT2D eigenvalue weighted by atomic mass is 15.0. The molecule has 1 aliphatic carbocycles. The Hall–Kier alpha value is -5.14. The normalized spacial score (nSPS) is 17.0. The zero-order chi connectivity index (χ0) is 31.0. The van der Waals surface area contributed by atoms with Crippen molar-refractivity contribution in [3.8, 4) is 5.69 Å². The van der Waals surface area contributed by atoms with Gasteiger partial charge in [0.2, 0.25) is 0 Å². The van der Waals surface area contributed by atoms with Gasteiger partial charge in [-0.15, -0.1) is 0 Å². The molecule has 0 bridgehead atoms. The van der Waals surface area contributed by atoms with Crippen molar-refractivity contribution in [2.24, 2.45) is 11.8 Å². The first-order valence-electron chi connectivity index (χ1n) is 16.7. The van der Waals surface area contributed by atoms with Crippen LogP contribution in [0.2, 0.25) is 0 Å². The Morgan fingerprint density at radius 1 is 0.652 bits per heavy atom. The van der Waals surface area contributed by atoms with E-state index in [9.17, 15) is 0 Å². The quantitative estimate of drug-likeness (QED) is 0.173. The maximum Gasteiger partial charge on any atom is 0.0541 e.